The topological polar surface area (TPSA) is 73.8 Å². The van der Waals surface area contributed by atoms with Crippen LogP contribution in [0.2, 0.25) is 0 Å². The fourth-order valence-electron chi connectivity index (χ4n) is 2.24. The minimum Gasteiger partial charge on any atom is -0.258 e. The van der Waals surface area contributed by atoms with E-state index < -0.39 is 4.92 Å². The third-order valence-corrected chi connectivity index (χ3v) is 3.21. The highest BCUT2D eigenvalue weighted by Gasteiger charge is 2.12. The zero-order valence-electron chi connectivity index (χ0n) is 11.1. The standard InChI is InChI=1S/C14H12N4O2/c1-9-4-3-5-10(2)14(9)17-15-12-7-6-11(18(19)20)8-13(12)16-17/h3-8H,1-2H3. The van der Waals surface area contributed by atoms with E-state index in [1.807, 2.05) is 32.0 Å². The van der Waals surface area contributed by atoms with Gasteiger partial charge in [-0.3, -0.25) is 10.1 Å². The van der Waals surface area contributed by atoms with Crippen LogP contribution in [0.25, 0.3) is 16.7 Å². The summed E-state index contributed by atoms with van der Waals surface area (Å²) in [6.45, 7) is 3.97. The highest BCUT2D eigenvalue weighted by molar-refractivity contribution is 5.76. The van der Waals surface area contributed by atoms with Gasteiger partial charge in [0.05, 0.1) is 10.6 Å². The summed E-state index contributed by atoms with van der Waals surface area (Å²) >= 11 is 0. The maximum Gasteiger partial charge on any atom is 0.271 e. The number of non-ortho nitro benzene ring substituents is 1. The first-order valence-corrected chi connectivity index (χ1v) is 6.14. The van der Waals surface area contributed by atoms with Gasteiger partial charge in [0.2, 0.25) is 0 Å². The van der Waals surface area contributed by atoms with Gasteiger partial charge in [0.25, 0.3) is 5.69 Å². The molecule has 0 saturated carbocycles. The van der Waals surface area contributed by atoms with Gasteiger partial charge in [-0.25, -0.2) is 0 Å². The van der Waals surface area contributed by atoms with Crippen LogP contribution in [-0.2, 0) is 0 Å². The van der Waals surface area contributed by atoms with Crippen LogP contribution >= 0.6 is 0 Å². The second-order valence-corrected chi connectivity index (χ2v) is 4.66. The van der Waals surface area contributed by atoms with Gasteiger partial charge >= 0.3 is 0 Å². The Bertz CT molecular complexity index is 803. The fraction of sp³-hybridized carbons (Fsp3) is 0.143. The third kappa shape index (κ3) is 1.91. The number of hydrogen-bond acceptors (Lipinski definition) is 4. The predicted octanol–water partition coefficient (Wildman–Crippen LogP) is 2.95. The molecule has 0 amide bonds. The molecule has 0 radical (unpaired) electrons. The fourth-order valence-corrected chi connectivity index (χ4v) is 2.24. The summed E-state index contributed by atoms with van der Waals surface area (Å²) in [7, 11) is 0. The molecule has 1 heterocycles. The average molecular weight is 268 g/mol. The van der Waals surface area contributed by atoms with Crippen molar-refractivity contribution in [2.24, 2.45) is 0 Å². The quantitative estimate of drug-likeness (QED) is 0.529. The maximum atomic E-state index is 10.8. The summed E-state index contributed by atoms with van der Waals surface area (Å²) < 4.78 is 0. The summed E-state index contributed by atoms with van der Waals surface area (Å²) in [5.41, 5.74) is 4.19. The van der Waals surface area contributed by atoms with E-state index in [1.54, 1.807) is 10.9 Å². The van der Waals surface area contributed by atoms with Crippen molar-refractivity contribution in [3.63, 3.8) is 0 Å². The van der Waals surface area contributed by atoms with Gasteiger partial charge in [-0.05, 0) is 31.0 Å². The molecule has 6 heteroatoms. The second kappa shape index (κ2) is 4.41. The minimum absolute atomic E-state index is 0.0195. The summed E-state index contributed by atoms with van der Waals surface area (Å²) in [4.78, 5) is 11.9. The predicted molar refractivity (Wildman–Crippen MR) is 75.0 cm³/mol. The zero-order valence-corrected chi connectivity index (χ0v) is 11.1. The summed E-state index contributed by atoms with van der Waals surface area (Å²) in [6, 6.07) is 10.4. The number of benzene rings is 2. The van der Waals surface area contributed by atoms with Gasteiger partial charge < -0.3 is 0 Å². The lowest BCUT2D eigenvalue weighted by molar-refractivity contribution is -0.384. The van der Waals surface area contributed by atoms with E-state index in [0.717, 1.165) is 16.8 Å². The van der Waals surface area contributed by atoms with Crippen molar-refractivity contribution in [2.75, 3.05) is 0 Å². The van der Waals surface area contributed by atoms with Crippen molar-refractivity contribution < 1.29 is 4.92 Å². The molecule has 2 aromatic carbocycles. The average Bonchev–Trinajstić information content (AvgIpc) is 2.80. The Morgan fingerprint density at radius 1 is 1.05 bits per heavy atom. The van der Waals surface area contributed by atoms with Crippen molar-refractivity contribution in [1.29, 1.82) is 0 Å². The van der Waals surface area contributed by atoms with Gasteiger partial charge in [0.15, 0.2) is 0 Å². The molecule has 0 N–H and O–H groups in total. The van der Waals surface area contributed by atoms with E-state index in [0.29, 0.717) is 11.0 Å². The first-order chi connectivity index (χ1) is 9.56. The van der Waals surface area contributed by atoms with Crippen LogP contribution < -0.4 is 0 Å². The molecule has 0 bridgehead atoms. The van der Waals surface area contributed by atoms with E-state index in [9.17, 15) is 10.1 Å². The zero-order chi connectivity index (χ0) is 14.3. The lowest BCUT2D eigenvalue weighted by atomic mass is 10.1. The number of nitrogens with zero attached hydrogens (tertiary/aromatic N) is 4. The minimum atomic E-state index is -0.433. The number of nitro groups is 1. The number of hydrogen-bond donors (Lipinski definition) is 0. The Hall–Kier alpha value is -2.76. The first kappa shape index (κ1) is 12.3. The molecule has 0 aliphatic carbocycles. The van der Waals surface area contributed by atoms with Crippen LogP contribution in [0.4, 0.5) is 5.69 Å². The van der Waals surface area contributed by atoms with Crippen molar-refractivity contribution in [3.05, 3.63) is 57.6 Å². The SMILES string of the molecule is Cc1cccc(C)c1-n1nc2ccc([N+](=O)[O-])cc2n1. The molecule has 6 nitrogen and oxygen atoms in total. The number of aryl methyl sites for hydroxylation is 2. The summed E-state index contributed by atoms with van der Waals surface area (Å²) in [6.07, 6.45) is 0. The van der Waals surface area contributed by atoms with Crippen LogP contribution in [0.15, 0.2) is 36.4 Å². The largest absolute Gasteiger partial charge is 0.271 e. The molecule has 3 rings (SSSR count). The van der Waals surface area contributed by atoms with Gasteiger partial charge in [-0.1, -0.05) is 18.2 Å². The highest BCUT2D eigenvalue weighted by atomic mass is 16.6. The Morgan fingerprint density at radius 2 is 1.70 bits per heavy atom. The Balaban J connectivity index is 2.21. The maximum absolute atomic E-state index is 10.8. The molecule has 1 aromatic heterocycles. The van der Waals surface area contributed by atoms with E-state index in [2.05, 4.69) is 10.2 Å². The van der Waals surface area contributed by atoms with Crippen LogP contribution in [0.5, 0.6) is 0 Å². The third-order valence-electron chi connectivity index (χ3n) is 3.21. The van der Waals surface area contributed by atoms with Gasteiger partial charge in [0.1, 0.15) is 11.0 Å². The highest BCUT2D eigenvalue weighted by Crippen LogP contribution is 2.21. The lowest BCUT2D eigenvalue weighted by Gasteiger charge is -2.07. The molecule has 0 unspecified atom stereocenters. The molecule has 0 fully saturated rings. The van der Waals surface area contributed by atoms with Crippen molar-refractivity contribution >= 4 is 16.7 Å². The Kier molecular flexibility index (Phi) is 2.71. The first-order valence-electron chi connectivity index (χ1n) is 6.14. The summed E-state index contributed by atoms with van der Waals surface area (Å²) in [5, 5.41) is 19.5. The van der Waals surface area contributed by atoms with Gasteiger partial charge in [0, 0.05) is 12.1 Å². The molecule has 100 valence electrons. The molecule has 3 aromatic rings. The van der Waals surface area contributed by atoms with E-state index in [4.69, 9.17) is 0 Å². The number of rotatable bonds is 2. The Labute approximate surface area is 114 Å². The van der Waals surface area contributed by atoms with Gasteiger partial charge in [-0.2, -0.15) is 0 Å². The molecule has 0 atom stereocenters. The van der Waals surface area contributed by atoms with Gasteiger partial charge in [-0.15, -0.1) is 15.0 Å². The number of nitro benzene ring substituents is 1. The van der Waals surface area contributed by atoms with Crippen molar-refractivity contribution in [3.8, 4) is 5.69 Å². The molecule has 0 aliphatic heterocycles. The lowest BCUT2D eigenvalue weighted by Crippen LogP contribution is -2.03. The van der Waals surface area contributed by atoms with Crippen molar-refractivity contribution in [1.82, 2.24) is 15.0 Å². The molecule has 20 heavy (non-hydrogen) atoms. The number of aromatic nitrogens is 3. The number of fused-ring (bicyclic) bond motifs is 1. The molecular weight excluding hydrogens is 256 g/mol. The monoisotopic (exact) mass is 268 g/mol. The normalized spacial score (nSPS) is 10.9. The number of para-hydroxylation sites is 1. The Morgan fingerprint density at radius 3 is 2.35 bits per heavy atom. The molecule has 0 saturated heterocycles. The summed E-state index contributed by atoms with van der Waals surface area (Å²) in [5.74, 6) is 0. The molecular formula is C14H12N4O2. The van der Waals surface area contributed by atoms with Crippen LogP contribution in [0.1, 0.15) is 11.1 Å². The van der Waals surface area contributed by atoms with E-state index in [1.165, 1.54) is 12.1 Å². The smallest absolute Gasteiger partial charge is 0.258 e. The second-order valence-electron chi connectivity index (χ2n) is 4.66. The van der Waals surface area contributed by atoms with Crippen LogP contribution in [0.3, 0.4) is 0 Å². The molecule has 0 spiro atoms. The van der Waals surface area contributed by atoms with E-state index >= 15 is 0 Å². The van der Waals surface area contributed by atoms with Crippen LogP contribution in [-0.4, -0.2) is 19.9 Å². The van der Waals surface area contributed by atoms with Crippen LogP contribution in [0, 0.1) is 24.0 Å². The molecule has 0 aliphatic rings. The van der Waals surface area contributed by atoms with E-state index in [-0.39, 0.29) is 5.69 Å². The van der Waals surface area contributed by atoms with Crippen molar-refractivity contribution in [2.45, 2.75) is 13.8 Å².